The molecule has 0 atom stereocenters. The lowest BCUT2D eigenvalue weighted by molar-refractivity contribution is 0.0992. The van der Waals surface area contributed by atoms with Crippen LogP contribution in [0.15, 0.2) is 30.3 Å². The minimum absolute atomic E-state index is 0.212. The van der Waals surface area contributed by atoms with E-state index in [1.165, 1.54) is 4.90 Å². The predicted octanol–water partition coefficient (Wildman–Crippen LogP) is 2.47. The first kappa shape index (κ1) is 11.0. The van der Waals surface area contributed by atoms with E-state index in [-0.39, 0.29) is 15.4 Å². The number of carbonyl (C=O) groups excluding carboxylic acids is 1. The van der Waals surface area contributed by atoms with Crippen molar-refractivity contribution < 1.29 is 4.79 Å². The van der Waals surface area contributed by atoms with Crippen molar-refractivity contribution in [2.45, 2.75) is 0 Å². The zero-order chi connectivity index (χ0) is 11.5. The van der Waals surface area contributed by atoms with Gasteiger partial charge in [-0.1, -0.05) is 29.5 Å². The van der Waals surface area contributed by atoms with Gasteiger partial charge in [0.25, 0.3) is 5.91 Å². The normalized spacial score (nSPS) is 10.1. The van der Waals surface area contributed by atoms with Crippen LogP contribution in [0.2, 0.25) is 4.47 Å². The number of halogens is 1. The summed E-state index contributed by atoms with van der Waals surface area (Å²) in [5.41, 5.74) is 0.804. The van der Waals surface area contributed by atoms with Crippen LogP contribution in [0.3, 0.4) is 0 Å². The number of hydrogen-bond acceptors (Lipinski definition) is 4. The average Bonchev–Trinajstić information content (AvgIpc) is 2.75. The van der Waals surface area contributed by atoms with Gasteiger partial charge in [-0.05, 0) is 23.7 Å². The largest absolute Gasteiger partial charge is 0.309 e. The molecule has 1 aromatic carbocycles. The Morgan fingerprint density at radius 3 is 2.56 bits per heavy atom. The van der Waals surface area contributed by atoms with Crippen molar-refractivity contribution in [2.24, 2.45) is 0 Å². The standard InChI is InChI=1S/C10H8ClN3OS/c1-14(7-5-3-2-4-6-7)9(15)8-12-13-10(11)16-8/h2-6H,1H3. The third-order valence-electron chi connectivity index (χ3n) is 2.03. The van der Waals surface area contributed by atoms with Crippen LogP contribution in [0, 0.1) is 0 Å². The van der Waals surface area contributed by atoms with Crippen LogP contribution in [0.25, 0.3) is 0 Å². The van der Waals surface area contributed by atoms with Crippen molar-refractivity contribution in [1.29, 1.82) is 0 Å². The fourth-order valence-electron chi connectivity index (χ4n) is 1.20. The molecule has 2 aromatic rings. The van der Waals surface area contributed by atoms with E-state index in [9.17, 15) is 4.79 Å². The number of para-hydroxylation sites is 1. The molecule has 4 nitrogen and oxygen atoms in total. The second-order valence-electron chi connectivity index (χ2n) is 3.06. The molecule has 0 aliphatic heterocycles. The average molecular weight is 254 g/mol. The third kappa shape index (κ3) is 2.20. The molecule has 0 bridgehead atoms. The third-order valence-corrected chi connectivity index (χ3v) is 3.04. The summed E-state index contributed by atoms with van der Waals surface area (Å²) in [6, 6.07) is 9.32. The number of carbonyl (C=O) groups is 1. The van der Waals surface area contributed by atoms with Crippen LogP contribution < -0.4 is 4.90 Å². The van der Waals surface area contributed by atoms with Gasteiger partial charge in [0.15, 0.2) is 0 Å². The molecule has 6 heteroatoms. The molecule has 0 saturated carbocycles. The molecule has 0 aliphatic rings. The quantitative estimate of drug-likeness (QED) is 0.826. The van der Waals surface area contributed by atoms with Crippen molar-refractivity contribution in [2.75, 3.05) is 11.9 Å². The Balaban J connectivity index is 2.23. The first-order chi connectivity index (χ1) is 7.68. The van der Waals surface area contributed by atoms with Crippen LogP contribution in [0.1, 0.15) is 9.80 Å². The molecule has 0 spiro atoms. The van der Waals surface area contributed by atoms with Gasteiger partial charge in [0.1, 0.15) is 0 Å². The van der Waals surface area contributed by atoms with Gasteiger partial charge in [0.2, 0.25) is 9.47 Å². The fourth-order valence-corrected chi connectivity index (χ4v) is 2.01. The lowest BCUT2D eigenvalue weighted by Crippen LogP contribution is -2.25. The van der Waals surface area contributed by atoms with E-state index in [4.69, 9.17) is 11.6 Å². The Morgan fingerprint density at radius 2 is 2.00 bits per heavy atom. The van der Waals surface area contributed by atoms with Crippen LogP contribution >= 0.6 is 22.9 Å². The molecule has 0 fully saturated rings. The van der Waals surface area contributed by atoms with Crippen molar-refractivity contribution in [3.05, 3.63) is 39.8 Å². The highest BCUT2D eigenvalue weighted by atomic mass is 35.5. The van der Waals surface area contributed by atoms with E-state index in [0.717, 1.165) is 17.0 Å². The minimum Gasteiger partial charge on any atom is -0.309 e. The van der Waals surface area contributed by atoms with Crippen LogP contribution in [0.4, 0.5) is 5.69 Å². The first-order valence-electron chi connectivity index (χ1n) is 4.50. The van der Waals surface area contributed by atoms with Crippen LogP contribution in [0.5, 0.6) is 0 Å². The number of aromatic nitrogens is 2. The van der Waals surface area contributed by atoms with E-state index in [1.807, 2.05) is 30.3 Å². The van der Waals surface area contributed by atoms with Crippen molar-refractivity contribution in [1.82, 2.24) is 10.2 Å². The highest BCUT2D eigenvalue weighted by Crippen LogP contribution is 2.19. The molecular weight excluding hydrogens is 246 g/mol. The second-order valence-corrected chi connectivity index (χ2v) is 4.62. The molecule has 1 aromatic heterocycles. The first-order valence-corrected chi connectivity index (χ1v) is 5.70. The van der Waals surface area contributed by atoms with E-state index >= 15 is 0 Å². The second kappa shape index (κ2) is 4.59. The van der Waals surface area contributed by atoms with Gasteiger partial charge in [-0.25, -0.2) is 0 Å². The molecule has 0 aliphatic carbocycles. The van der Waals surface area contributed by atoms with E-state index < -0.39 is 0 Å². The van der Waals surface area contributed by atoms with Gasteiger partial charge in [-0.3, -0.25) is 4.79 Å². The smallest absolute Gasteiger partial charge is 0.289 e. The summed E-state index contributed by atoms with van der Waals surface area (Å²) in [5, 5.41) is 7.60. The minimum atomic E-state index is -0.212. The molecule has 0 N–H and O–H groups in total. The number of amides is 1. The van der Waals surface area contributed by atoms with Crippen molar-refractivity contribution in [3.63, 3.8) is 0 Å². The highest BCUT2D eigenvalue weighted by Gasteiger charge is 2.17. The van der Waals surface area contributed by atoms with Gasteiger partial charge in [0, 0.05) is 12.7 Å². The van der Waals surface area contributed by atoms with Crippen molar-refractivity contribution >= 4 is 34.5 Å². The highest BCUT2D eigenvalue weighted by molar-refractivity contribution is 7.17. The lowest BCUT2D eigenvalue weighted by atomic mass is 10.3. The Kier molecular flexibility index (Phi) is 3.17. The number of nitrogens with zero attached hydrogens (tertiary/aromatic N) is 3. The zero-order valence-electron chi connectivity index (χ0n) is 8.42. The molecule has 0 unspecified atom stereocenters. The van der Waals surface area contributed by atoms with Crippen LogP contribution in [-0.2, 0) is 0 Å². The van der Waals surface area contributed by atoms with E-state index in [0.29, 0.717) is 0 Å². The molecule has 16 heavy (non-hydrogen) atoms. The maximum Gasteiger partial charge on any atom is 0.289 e. The maximum absolute atomic E-state index is 11.9. The molecule has 2 rings (SSSR count). The van der Waals surface area contributed by atoms with Gasteiger partial charge >= 0.3 is 0 Å². The maximum atomic E-state index is 11.9. The number of anilines is 1. The van der Waals surface area contributed by atoms with E-state index in [2.05, 4.69) is 10.2 Å². The summed E-state index contributed by atoms with van der Waals surface area (Å²) in [6.45, 7) is 0. The predicted molar refractivity (Wildman–Crippen MR) is 64.1 cm³/mol. The monoisotopic (exact) mass is 253 g/mol. The van der Waals surface area contributed by atoms with Crippen molar-refractivity contribution in [3.8, 4) is 0 Å². The SMILES string of the molecule is CN(C(=O)c1nnc(Cl)s1)c1ccccc1. The molecule has 0 radical (unpaired) electrons. The van der Waals surface area contributed by atoms with Gasteiger partial charge in [-0.2, -0.15) is 0 Å². The van der Waals surface area contributed by atoms with Gasteiger partial charge < -0.3 is 4.90 Å². The van der Waals surface area contributed by atoms with Gasteiger partial charge in [-0.15, -0.1) is 10.2 Å². The summed E-state index contributed by atoms with van der Waals surface area (Å²) < 4.78 is 0.268. The number of hydrogen-bond donors (Lipinski definition) is 0. The summed E-state index contributed by atoms with van der Waals surface area (Å²) in [4.78, 5) is 13.4. The summed E-state index contributed by atoms with van der Waals surface area (Å²) >= 11 is 6.70. The Bertz CT molecular complexity index is 500. The summed E-state index contributed by atoms with van der Waals surface area (Å²) in [6.07, 6.45) is 0. The Hall–Kier alpha value is -1.46. The molecule has 0 saturated heterocycles. The Labute approximate surface area is 101 Å². The summed E-state index contributed by atoms with van der Waals surface area (Å²) in [5.74, 6) is -0.212. The lowest BCUT2D eigenvalue weighted by Gasteiger charge is -2.14. The fraction of sp³-hybridized carbons (Fsp3) is 0.100. The molecular formula is C10H8ClN3OS. The van der Waals surface area contributed by atoms with E-state index in [1.54, 1.807) is 7.05 Å². The summed E-state index contributed by atoms with van der Waals surface area (Å²) in [7, 11) is 1.69. The van der Waals surface area contributed by atoms with Crippen LogP contribution in [-0.4, -0.2) is 23.2 Å². The zero-order valence-corrected chi connectivity index (χ0v) is 10.00. The van der Waals surface area contributed by atoms with Gasteiger partial charge in [0.05, 0.1) is 0 Å². The topological polar surface area (TPSA) is 46.1 Å². The Morgan fingerprint density at radius 1 is 1.31 bits per heavy atom. The number of rotatable bonds is 2. The molecule has 82 valence electrons. The number of benzene rings is 1. The molecule has 1 heterocycles. The molecule has 1 amide bonds.